The zero-order valence-electron chi connectivity index (χ0n) is 14.1. The van der Waals surface area contributed by atoms with Crippen molar-refractivity contribution in [1.29, 1.82) is 0 Å². The smallest absolute Gasteiger partial charge is 0.243 e. The van der Waals surface area contributed by atoms with E-state index in [4.69, 9.17) is 4.74 Å². The Morgan fingerprint density at radius 1 is 0.962 bits per heavy atom. The fourth-order valence-corrected chi connectivity index (χ4v) is 2.84. The Bertz CT molecular complexity index is 881. The third-order valence-electron chi connectivity index (χ3n) is 4.16. The number of nitrogens with zero attached hydrogens (tertiary/aromatic N) is 4. The minimum absolute atomic E-state index is 0.115. The number of ether oxygens (including phenoxy) is 1. The number of nitrogens with one attached hydrogen (secondary N) is 1. The number of halogens is 1. The predicted octanol–water partition coefficient (Wildman–Crippen LogP) is 4.15. The SMILES string of the molecule is Fc1ccccc1Oc1ncccc1Nc1ccc(N2CCCC2)nn1. The molecule has 132 valence electrons. The zero-order chi connectivity index (χ0) is 17.8. The van der Waals surface area contributed by atoms with E-state index in [-0.39, 0.29) is 11.6 Å². The van der Waals surface area contributed by atoms with Crippen molar-refractivity contribution in [3.05, 3.63) is 60.5 Å². The molecule has 0 bridgehead atoms. The van der Waals surface area contributed by atoms with Crippen molar-refractivity contribution in [2.24, 2.45) is 0 Å². The number of rotatable bonds is 5. The van der Waals surface area contributed by atoms with E-state index < -0.39 is 5.82 Å². The van der Waals surface area contributed by atoms with Crippen LogP contribution in [0.5, 0.6) is 11.6 Å². The molecule has 1 N–H and O–H groups in total. The summed E-state index contributed by atoms with van der Waals surface area (Å²) in [5.41, 5.74) is 0.582. The maximum atomic E-state index is 13.8. The van der Waals surface area contributed by atoms with E-state index in [1.165, 1.54) is 18.9 Å². The molecule has 0 radical (unpaired) electrons. The lowest BCUT2D eigenvalue weighted by Gasteiger charge is -2.16. The fourth-order valence-electron chi connectivity index (χ4n) is 2.84. The standard InChI is InChI=1S/C19H18FN5O/c20-14-6-1-2-8-16(14)26-19-15(7-5-11-21-19)22-17-9-10-18(24-23-17)25-12-3-4-13-25/h1-2,5-11H,3-4,12-13H2,(H,22,23). The maximum absolute atomic E-state index is 13.8. The van der Waals surface area contributed by atoms with Crippen LogP contribution in [0, 0.1) is 5.82 Å². The number of benzene rings is 1. The second kappa shape index (κ2) is 7.35. The quantitative estimate of drug-likeness (QED) is 0.745. The van der Waals surface area contributed by atoms with Gasteiger partial charge in [-0.3, -0.25) is 0 Å². The van der Waals surface area contributed by atoms with Crippen LogP contribution in [-0.2, 0) is 0 Å². The molecule has 1 aliphatic heterocycles. The third-order valence-corrected chi connectivity index (χ3v) is 4.16. The summed E-state index contributed by atoms with van der Waals surface area (Å²) in [7, 11) is 0. The molecule has 4 rings (SSSR count). The van der Waals surface area contributed by atoms with Crippen LogP contribution < -0.4 is 15.0 Å². The molecule has 1 aliphatic rings. The van der Waals surface area contributed by atoms with Gasteiger partial charge in [0.15, 0.2) is 23.2 Å². The monoisotopic (exact) mass is 351 g/mol. The van der Waals surface area contributed by atoms with Gasteiger partial charge in [-0.15, -0.1) is 10.2 Å². The first-order chi connectivity index (χ1) is 12.8. The van der Waals surface area contributed by atoms with Crippen molar-refractivity contribution in [2.75, 3.05) is 23.3 Å². The van der Waals surface area contributed by atoms with Crippen LogP contribution in [0.2, 0.25) is 0 Å². The molecule has 0 amide bonds. The molecule has 1 aromatic carbocycles. The molecular formula is C19H18FN5O. The van der Waals surface area contributed by atoms with E-state index >= 15 is 0 Å². The van der Waals surface area contributed by atoms with Crippen molar-refractivity contribution in [3.8, 4) is 11.6 Å². The Morgan fingerprint density at radius 3 is 2.58 bits per heavy atom. The summed E-state index contributed by atoms with van der Waals surface area (Å²) in [6.45, 7) is 2.04. The average molecular weight is 351 g/mol. The van der Waals surface area contributed by atoms with E-state index in [2.05, 4.69) is 25.4 Å². The Balaban J connectivity index is 1.52. The first-order valence-electron chi connectivity index (χ1n) is 8.53. The molecular weight excluding hydrogens is 333 g/mol. The number of aromatic nitrogens is 3. The van der Waals surface area contributed by atoms with Crippen molar-refractivity contribution < 1.29 is 9.13 Å². The molecule has 0 spiro atoms. The van der Waals surface area contributed by atoms with Crippen molar-refractivity contribution >= 4 is 17.3 Å². The minimum Gasteiger partial charge on any atom is -0.434 e. The lowest BCUT2D eigenvalue weighted by atomic mass is 10.3. The van der Waals surface area contributed by atoms with Crippen LogP contribution in [0.25, 0.3) is 0 Å². The van der Waals surface area contributed by atoms with Gasteiger partial charge < -0.3 is 15.0 Å². The second-order valence-electron chi connectivity index (χ2n) is 5.98. The second-order valence-corrected chi connectivity index (χ2v) is 5.98. The molecule has 0 saturated carbocycles. The molecule has 0 atom stereocenters. The molecule has 26 heavy (non-hydrogen) atoms. The zero-order valence-corrected chi connectivity index (χ0v) is 14.1. The van der Waals surface area contributed by atoms with Gasteiger partial charge in [-0.1, -0.05) is 12.1 Å². The van der Waals surface area contributed by atoms with Crippen LogP contribution in [-0.4, -0.2) is 28.3 Å². The highest BCUT2D eigenvalue weighted by Crippen LogP contribution is 2.30. The van der Waals surface area contributed by atoms with Crippen LogP contribution in [0.15, 0.2) is 54.7 Å². The fraction of sp³-hybridized carbons (Fsp3) is 0.211. The van der Waals surface area contributed by atoms with Gasteiger partial charge in [0, 0.05) is 19.3 Å². The molecule has 0 aliphatic carbocycles. The van der Waals surface area contributed by atoms with Gasteiger partial charge in [0.2, 0.25) is 5.88 Å². The van der Waals surface area contributed by atoms with Gasteiger partial charge in [-0.05, 0) is 49.2 Å². The summed E-state index contributed by atoms with van der Waals surface area (Å²) in [6.07, 6.45) is 3.96. The highest BCUT2D eigenvalue weighted by atomic mass is 19.1. The van der Waals surface area contributed by atoms with Crippen LogP contribution >= 0.6 is 0 Å². The van der Waals surface area contributed by atoms with E-state index in [1.54, 1.807) is 36.5 Å². The lowest BCUT2D eigenvalue weighted by Crippen LogP contribution is -2.19. The molecule has 3 heterocycles. The van der Waals surface area contributed by atoms with E-state index in [9.17, 15) is 4.39 Å². The van der Waals surface area contributed by atoms with Gasteiger partial charge in [-0.2, -0.15) is 0 Å². The topological polar surface area (TPSA) is 63.2 Å². The van der Waals surface area contributed by atoms with Gasteiger partial charge >= 0.3 is 0 Å². The van der Waals surface area contributed by atoms with Crippen LogP contribution in [0.4, 0.5) is 21.7 Å². The molecule has 6 nitrogen and oxygen atoms in total. The summed E-state index contributed by atoms with van der Waals surface area (Å²) in [5.74, 6) is 1.38. The number of anilines is 3. The van der Waals surface area contributed by atoms with E-state index in [0.29, 0.717) is 11.5 Å². The van der Waals surface area contributed by atoms with Crippen molar-refractivity contribution in [3.63, 3.8) is 0 Å². The third kappa shape index (κ3) is 3.56. The highest BCUT2D eigenvalue weighted by molar-refractivity contribution is 5.62. The van der Waals surface area contributed by atoms with Gasteiger partial charge in [-0.25, -0.2) is 9.37 Å². The lowest BCUT2D eigenvalue weighted by molar-refractivity contribution is 0.429. The normalized spacial score (nSPS) is 13.7. The maximum Gasteiger partial charge on any atom is 0.243 e. The Labute approximate surface area is 150 Å². The predicted molar refractivity (Wildman–Crippen MR) is 97.5 cm³/mol. The van der Waals surface area contributed by atoms with E-state index in [1.807, 2.05) is 12.1 Å². The molecule has 2 aromatic heterocycles. The minimum atomic E-state index is -0.445. The summed E-state index contributed by atoms with van der Waals surface area (Å²) < 4.78 is 19.4. The van der Waals surface area contributed by atoms with Crippen LogP contribution in [0.3, 0.4) is 0 Å². The summed E-state index contributed by atoms with van der Waals surface area (Å²) in [4.78, 5) is 6.40. The summed E-state index contributed by atoms with van der Waals surface area (Å²) in [5, 5.41) is 11.6. The molecule has 1 fully saturated rings. The average Bonchev–Trinajstić information content (AvgIpc) is 3.20. The molecule has 3 aromatic rings. The number of hydrogen-bond acceptors (Lipinski definition) is 6. The Morgan fingerprint density at radius 2 is 1.81 bits per heavy atom. The first kappa shape index (κ1) is 16.3. The summed E-state index contributed by atoms with van der Waals surface area (Å²) in [6, 6.07) is 13.6. The number of pyridine rings is 1. The Kier molecular flexibility index (Phi) is 4.59. The number of para-hydroxylation sites is 1. The van der Waals surface area contributed by atoms with Crippen LogP contribution in [0.1, 0.15) is 12.8 Å². The summed E-state index contributed by atoms with van der Waals surface area (Å²) >= 11 is 0. The van der Waals surface area contributed by atoms with Gasteiger partial charge in [0.25, 0.3) is 0 Å². The molecule has 7 heteroatoms. The number of hydrogen-bond donors (Lipinski definition) is 1. The van der Waals surface area contributed by atoms with Crippen molar-refractivity contribution in [2.45, 2.75) is 12.8 Å². The van der Waals surface area contributed by atoms with E-state index in [0.717, 1.165) is 18.9 Å². The largest absolute Gasteiger partial charge is 0.434 e. The highest BCUT2D eigenvalue weighted by Gasteiger charge is 2.14. The van der Waals surface area contributed by atoms with Gasteiger partial charge in [0.1, 0.15) is 5.69 Å². The van der Waals surface area contributed by atoms with Crippen molar-refractivity contribution in [1.82, 2.24) is 15.2 Å². The first-order valence-corrected chi connectivity index (χ1v) is 8.53. The molecule has 0 unspecified atom stereocenters. The molecule has 1 saturated heterocycles. The Hall–Kier alpha value is -3.22. The van der Waals surface area contributed by atoms with Gasteiger partial charge in [0.05, 0.1) is 0 Å².